The number of hydrogen-bond acceptors (Lipinski definition) is 5. The van der Waals surface area contributed by atoms with Gasteiger partial charge in [0.1, 0.15) is 0 Å². The van der Waals surface area contributed by atoms with Gasteiger partial charge in [-0.25, -0.2) is 9.97 Å². The monoisotopic (exact) mass is 277 g/mol. The van der Waals surface area contributed by atoms with Crippen molar-refractivity contribution in [2.45, 2.75) is 32.7 Å². The van der Waals surface area contributed by atoms with Gasteiger partial charge in [-0.2, -0.15) is 0 Å². The van der Waals surface area contributed by atoms with Crippen molar-refractivity contribution in [3.63, 3.8) is 0 Å². The number of nitrogens with zero attached hydrogens (tertiary/aromatic N) is 4. The number of anilines is 1. The van der Waals surface area contributed by atoms with Gasteiger partial charge in [0.2, 0.25) is 5.95 Å². The van der Waals surface area contributed by atoms with Crippen molar-refractivity contribution in [3.05, 3.63) is 18.5 Å². The third-order valence-corrected chi connectivity index (χ3v) is 3.94. The fraction of sp³-hybridized carbons (Fsp3) is 0.733. The highest BCUT2D eigenvalue weighted by Gasteiger charge is 2.23. The Kier molecular flexibility index (Phi) is 6.21. The van der Waals surface area contributed by atoms with Crippen molar-refractivity contribution < 1.29 is 0 Å². The molecule has 1 unspecified atom stereocenters. The Labute approximate surface area is 122 Å². The minimum absolute atomic E-state index is 0.653. The Bertz CT molecular complexity index is 362. The predicted octanol–water partition coefficient (Wildman–Crippen LogP) is 1.38. The smallest absolute Gasteiger partial charge is 0.225 e. The summed E-state index contributed by atoms with van der Waals surface area (Å²) in [6.45, 7) is 11.0. The van der Waals surface area contributed by atoms with E-state index in [-0.39, 0.29) is 0 Å². The normalized spacial score (nSPS) is 18.2. The Morgan fingerprint density at radius 1 is 1.15 bits per heavy atom. The third kappa shape index (κ3) is 4.15. The minimum atomic E-state index is 0.653. The first-order valence-corrected chi connectivity index (χ1v) is 7.81. The van der Waals surface area contributed by atoms with E-state index in [9.17, 15) is 0 Å². The van der Waals surface area contributed by atoms with Crippen LogP contribution in [0.3, 0.4) is 0 Å². The van der Waals surface area contributed by atoms with Crippen LogP contribution in [0.1, 0.15) is 26.7 Å². The van der Waals surface area contributed by atoms with Gasteiger partial charge in [-0.1, -0.05) is 13.8 Å². The van der Waals surface area contributed by atoms with Gasteiger partial charge in [0.15, 0.2) is 0 Å². The molecule has 0 aliphatic carbocycles. The van der Waals surface area contributed by atoms with Gasteiger partial charge in [-0.3, -0.25) is 4.90 Å². The summed E-state index contributed by atoms with van der Waals surface area (Å²) in [5.74, 6) is 0.865. The number of rotatable bonds is 7. The van der Waals surface area contributed by atoms with Gasteiger partial charge in [0, 0.05) is 51.2 Å². The maximum absolute atomic E-state index is 4.34. The van der Waals surface area contributed by atoms with Gasteiger partial charge in [0.25, 0.3) is 0 Å². The quantitative estimate of drug-likeness (QED) is 0.763. The summed E-state index contributed by atoms with van der Waals surface area (Å²) in [5, 5.41) is 3.55. The van der Waals surface area contributed by atoms with E-state index in [1.165, 1.54) is 12.8 Å². The van der Waals surface area contributed by atoms with Crippen molar-refractivity contribution in [1.29, 1.82) is 0 Å². The molecule has 1 aromatic heterocycles. The standard InChI is InChI=1S/C15H27N5/c1-3-6-16-13-14(4-2)19-9-11-20(12-10-19)15-17-7-5-8-18-15/h5,7-8,14,16H,3-4,6,9-13H2,1-2H3. The van der Waals surface area contributed by atoms with Crippen molar-refractivity contribution in [2.24, 2.45) is 0 Å². The molecule has 1 aromatic rings. The van der Waals surface area contributed by atoms with Crippen LogP contribution in [-0.2, 0) is 0 Å². The molecule has 2 heterocycles. The fourth-order valence-corrected chi connectivity index (χ4v) is 2.72. The van der Waals surface area contributed by atoms with Gasteiger partial charge >= 0.3 is 0 Å². The molecule has 1 aliphatic heterocycles. The molecule has 0 spiro atoms. The second-order valence-corrected chi connectivity index (χ2v) is 5.34. The van der Waals surface area contributed by atoms with E-state index in [0.717, 1.165) is 45.2 Å². The van der Waals surface area contributed by atoms with E-state index in [4.69, 9.17) is 0 Å². The minimum Gasteiger partial charge on any atom is -0.338 e. The van der Waals surface area contributed by atoms with Gasteiger partial charge in [0.05, 0.1) is 0 Å². The molecular formula is C15H27N5. The van der Waals surface area contributed by atoms with E-state index < -0.39 is 0 Å². The first-order chi connectivity index (χ1) is 9.85. The lowest BCUT2D eigenvalue weighted by Gasteiger charge is -2.39. The van der Waals surface area contributed by atoms with Crippen molar-refractivity contribution in [1.82, 2.24) is 20.2 Å². The summed E-state index contributed by atoms with van der Waals surface area (Å²) in [4.78, 5) is 13.6. The molecule has 1 atom stereocenters. The number of piperazine rings is 1. The molecule has 1 N–H and O–H groups in total. The van der Waals surface area contributed by atoms with Gasteiger partial charge in [-0.05, 0) is 25.5 Å². The summed E-state index contributed by atoms with van der Waals surface area (Å²) in [6, 6.07) is 2.52. The zero-order chi connectivity index (χ0) is 14.2. The van der Waals surface area contributed by atoms with Crippen LogP contribution in [-0.4, -0.2) is 60.2 Å². The zero-order valence-electron chi connectivity index (χ0n) is 12.8. The van der Waals surface area contributed by atoms with Crippen molar-refractivity contribution in [3.8, 4) is 0 Å². The molecule has 5 heteroatoms. The van der Waals surface area contributed by atoms with E-state index in [0.29, 0.717) is 6.04 Å². The molecule has 0 saturated carbocycles. The first-order valence-electron chi connectivity index (χ1n) is 7.81. The lowest BCUT2D eigenvalue weighted by Crippen LogP contribution is -2.53. The zero-order valence-corrected chi connectivity index (χ0v) is 12.8. The Balaban J connectivity index is 1.80. The van der Waals surface area contributed by atoms with Crippen LogP contribution >= 0.6 is 0 Å². The average molecular weight is 277 g/mol. The highest BCUT2D eigenvalue weighted by molar-refractivity contribution is 5.29. The molecule has 1 fully saturated rings. The molecule has 0 bridgehead atoms. The molecule has 1 aliphatic rings. The number of nitrogens with one attached hydrogen (secondary N) is 1. The molecular weight excluding hydrogens is 250 g/mol. The lowest BCUT2D eigenvalue weighted by atomic mass is 10.1. The summed E-state index contributed by atoms with van der Waals surface area (Å²) in [5.41, 5.74) is 0. The van der Waals surface area contributed by atoms with Crippen LogP contribution < -0.4 is 10.2 Å². The van der Waals surface area contributed by atoms with E-state index in [1.54, 1.807) is 0 Å². The summed E-state index contributed by atoms with van der Waals surface area (Å²) in [6.07, 6.45) is 6.05. The summed E-state index contributed by atoms with van der Waals surface area (Å²) < 4.78 is 0. The van der Waals surface area contributed by atoms with Crippen LogP contribution in [0.5, 0.6) is 0 Å². The van der Waals surface area contributed by atoms with Crippen LogP contribution in [0.2, 0.25) is 0 Å². The topological polar surface area (TPSA) is 44.3 Å². The Hall–Kier alpha value is -1.20. The molecule has 5 nitrogen and oxygen atoms in total. The van der Waals surface area contributed by atoms with Crippen molar-refractivity contribution in [2.75, 3.05) is 44.2 Å². The third-order valence-electron chi connectivity index (χ3n) is 3.94. The highest BCUT2D eigenvalue weighted by Crippen LogP contribution is 2.13. The first kappa shape index (κ1) is 15.2. The maximum Gasteiger partial charge on any atom is 0.225 e. The van der Waals surface area contributed by atoms with Gasteiger partial charge < -0.3 is 10.2 Å². The largest absolute Gasteiger partial charge is 0.338 e. The fourth-order valence-electron chi connectivity index (χ4n) is 2.72. The second kappa shape index (κ2) is 8.17. The number of aromatic nitrogens is 2. The van der Waals surface area contributed by atoms with Crippen LogP contribution in [0.4, 0.5) is 5.95 Å². The predicted molar refractivity (Wildman–Crippen MR) is 83.1 cm³/mol. The molecule has 0 amide bonds. The maximum atomic E-state index is 4.34. The van der Waals surface area contributed by atoms with E-state index in [1.807, 2.05) is 18.5 Å². The SMILES string of the molecule is CCCNCC(CC)N1CCN(c2ncccn2)CC1. The number of hydrogen-bond donors (Lipinski definition) is 1. The molecule has 2 rings (SSSR count). The molecule has 20 heavy (non-hydrogen) atoms. The lowest BCUT2D eigenvalue weighted by molar-refractivity contribution is 0.176. The molecule has 112 valence electrons. The van der Waals surface area contributed by atoms with Crippen LogP contribution in [0, 0.1) is 0 Å². The van der Waals surface area contributed by atoms with E-state index in [2.05, 4.69) is 38.9 Å². The molecule has 1 saturated heterocycles. The van der Waals surface area contributed by atoms with Gasteiger partial charge in [-0.15, -0.1) is 0 Å². The second-order valence-electron chi connectivity index (χ2n) is 5.34. The Morgan fingerprint density at radius 2 is 1.85 bits per heavy atom. The summed E-state index contributed by atoms with van der Waals surface area (Å²) >= 11 is 0. The van der Waals surface area contributed by atoms with Crippen LogP contribution in [0.15, 0.2) is 18.5 Å². The highest BCUT2D eigenvalue weighted by atomic mass is 15.3. The summed E-state index contributed by atoms with van der Waals surface area (Å²) in [7, 11) is 0. The molecule has 0 radical (unpaired) electrons. The molecule has 0 aromatic carbocycles. The van der Waals surface area contributed by atoms with E-state index >= 15 is 0 Å². The van der Waals surface area contributed by atoms with Crippen LogP contribution in [0.25, 0.3) is 0 Å². The Morgan fingerprint density at radius 3 is 2.45 bits per heavy atom. The average Bonchev–Trinajstić information content (AvgIpc) is 2.53. The van der Waals surface area contributed by atoms with Crippen molar-refractivity contribution >= 4 is 5.95 Å².